The van der Waals surface area contributed by atoms with E-state index in [1.807, 2.05) is 0 Å². The van der Waals surface area contributed by atoms with Gasteiger partial charge in [-0.3, -0.25) is 9.80 Å². The van der Waals surface area contributed by atoms with Gasteiger partial charge in [-0.2, -0.15) is 23.5 Å². The Bertz CT molecular complexity index is 2220. The van der Waals surface area contributed by atoms with E-state index in [2.05, 4.69) is 143 Å². The molecule has 0 aromatic heterocycles. The smallest absolute Gasteiger partial charge is 0.214 e. The van der Waals surface area contributed by atoms with Crippen LogP contribution in [0.4, 0.5) is 0 Å². The van der Waals surface area contributed by atoms with Crippen LogP contribution in [-0.2, 0) is 0 Å². The van der Waals surface area contributed by atoms with Gasteiger partial charge in [0.2, 0.25) is 6.71 Å². The van der Waals surface area contributed by atoms with Crippen molar-refractivity contribution in [3.63, 3.8) is 0 Å². The molecular weight excluding hydrogens is 762 g/mol. The number of hydrogen-bond donors (Lipinski definition) is 0. The fourth-order valence-electron chi connectivity index (χ4n) is 20.1. The van der Waals surface area contributed by atoms with Crippen molar-refractivity contribution in [1.82, 2.24) is 9.80 Å². The van der Waals surface area contributed by atoms with E-state index < -0.39 is 0 Å². The zero-order chi connectivity index (χ0) is 38.5. The second-order valence-electron chi connectivity index (χ2n) is 22.5. The van der Waals surface area contributed by atoms with Gasteiger partial charge in [0.25, 0.3) is 0 Å². The van der Waals surface area contributed by atoms with E-state index in [9.17, 15) is 0 Å². The second-order valence-corrected chi connectivity index (χ2v) is 25.3. The molecule has 0 amide bonds. The number of hydrogen-bond acceptors (Lipinski definition) is 4. The average molecular weight is 821 g/mol. The lowest BCUT2D eigenvalue weighted by atomic mass is 9.19. The third-order valence-electron chi connectivity index (χ3n) is 21.0. The van der Waals surface area contributed by atoms with Gasteiger partial charge in [-0.1, -0.05) is 146 Å². The first kappa shape index (κ1) is 35.0. The summed E-state index contributed by atoms with van der Waals surface area (Å²) in [7, 11) is 0. The molecule has 12 aliphatic rings. The number of fused-ring (bicyclic) bond motifs is 3. The minimum absolute atomic E-state index is 0.370. The summed E-state index contributed by atoms with van der Waals surface area (Å²) in [6.45, 7) is 1.37. The van der Waals surface area contributed by atoms with Crippen LogP contribution in [-0.4, -0.2) is 80.5 Å². The molecular formula is C54H58B2N2S2. The number of rotatable bonds is 5. The molecule has 0 spiro atoms. The molecule has 18 atom stereocenters. The Labute approximate surface area is 367 Å². The Morgan fingerprint density at radius 3 is 1.37 bits per heavy atom. The molecule has 5 aliphatic carbocycles. The van der Waals surface area contributed by atoms with Crippen molar-refractivity contribution in [3.8, 4) is 22.3 Å². The van der Waals surface area contributed by atoms with Crippen LogP contribution in [0, 0.1) is 35.5 Å². The first-order valence-electron chi connectivity index (χ1n) is 25.0. The first-order valence-corrected chi connectivity index (χ1v) is 26.9. The molecule has 7 aliphatic heterocycles. The standard InChI is InChI=1S/C54H58B2N2S2/c1-3-11-29(12-4-1)31-15-7-17-33(27-31)55(34-18-8-16-32(28-34)30-13-5-2-6-14-30)46-53-51-45-52-54(46)60-42-22-10-20-38-40-26-24-36-35-23-25-39-37-19-9-21-41(59-53)47(37)57(51)49(39)43(35)56(45)44(36)50(40)58(52)48(38)42/h1-8,11-18,27-28,35-54H,9-10,19-26H2. The third-order valence-corrected chi connectivity index (χ3v) is 24.6. The molecule has 0 radical (unpaired) electrons. The summed E-state index contributed by atoms with van der Waals surface area (Å²) in [5.41, 5.74) is 8.65. The maximum absolute atomic E-state index is 3.53. The van der Waals surface area contributed by atoms with E-state index in [1.165, 1.54) is 60.8 Å². The summed E-state index contributed by atoms with van der Waals surface area (Å²) in [5.74, 6) is 9.52. The van der Waals surface area contributed by atoms with Gasteiger partial charge in [0.15, 0.2) is 6.71 Å². The predicted molar refractivity (Wildman–Crippen MR) is 253 cm³/mol. The van der Waals surface area contributed by atoms with Gasteiger partial charge < -0.3 is 0 Å². The van der Waals surface area contributed by atoms with E-state index in [1.54, 1.807) is 36.6 Å². The van der Waals surface area contributed by atoms with Gasteiger partial charge in [0, 0.05) is 57.3 Å². The summed E-state index contributed by atoms with van der Waals surface area (Å²) in [6, 6.07) is 47.8. The molecule has 0 bridgehead atoms. The predicted octanol–water partition coefficient (Wildman–Crippen LogP) is 10.1. The lowest BCUT2D eigenvalue weighted by molar-refractivity contribution is -0.0138. The molecule has 16 rings (SSSR count). The molecule has 12 fully saturated rings. The fourth-order valence-corrected chi connectivity index (χ4v) is 24.6. The largest absolute Gasteiger partial charge is 0.292 e. The van der Waals surface area contributed by atoms with Crippen molar-refractivity contribution in [2.45, 2.75) is 145 Å². The Balaban J connectivity index is 0.947. The summed E-state index contributed by atoms with van der Waals surface area (Å²) < 4.78 is 0. The van der Waals surface area contributed by atoms with E-state index in [-0.39, 0.29) is 0 Å². The molecule has 7 heterocycles. The highest BCUT2D eigenvalue weighted by molar-refractivity contribution is 8.02. The summed E-state index contributed by atoms with van der Waals surface area (Å²) in [5, 5.41) is 3.05. The third kappa shape index (κ3) is 4.34. The van der Waals surface area contributed by atoms with Crippen LogP contribution >= 0.6 is 23.5 Å². The highest BCUT2D eigenvalue weighted by atomic mass is 32.2. The van der Waals surface area contributed by atoms with Gasteiger partial charge in [0.1, 0.15) is 0 Å². The van der Waals surface area contributed by atoms with Gasteiger partial charge in [-0.05, 0) is 120 Å². The zero-order valence-electron chi connectivity index (χ0n) is 34.9. The Kier molecular flexibility index (Phi) is 7.40. The average Bonchev–Trinajstić information content (AvgIpc) is 3.96. The molecule has 6 heteroatoms. The van der Waals surface area contributed by atoms with Crippen LogP contribution in [0.2, 0.25) is 23.3 Å². The molecule has 2 nitrogen and oxygen atoms in total. The number of thioether (sulfide) groups is 2. The van der Waals surface area contributed by atoms with Crippen molar-refractivity contribution in [2.24, 2.45) is 35.5 Å². The fraction of sp³-hybridized carbons (Fsp3) is 0.556. The Hall–Kier alpha value is -2.37. The summed E-state index contributed by atoms with van der Waals surface area (Å²) in [6.07, 6.45) is 15.3. The topological polar surface area (TPSA) is 6.48 Å². The number of nitrogens with zero attached hydrogens (tertiary/aromatic N) is 2. The van der Waals surface area contributed by atoms with E-state index in [4.69, 9.17) is 0 Å². The van der Waals surface area contributed by atoms with Crippen molar-refractivity contribution in [1.29, 1.82) is 0 Å². The zero-order valence-corrected chi connectivity index (χ0v) is 36.5. The maximum Gasteiger partial charge on any atom is 0.214 e. The van der Waals surface area contributed by atoms with Crippen molar-refractivity contribution >= 4 is 47.9 Å². The lowest BCUT2D eigenvalue weighted by Gasteiger charge is -2.72. The van der Waals surface area contributed by atoms with Gasteiger partial charge in [0.05, 0.1) is 0 Å². The first-order chi connectivity index (χ1) is 29.8. The van der Waals surface area contributed by atoms with Crippen LogP contribution in [0.15, 0.2) is 109 Å². The monoisotopic (exact) mass is 820 g/mol. The molecule has 4 aromatic carbocycles. The molecule has 7 saturated heterocycles. The molecule has 4 aromatic rings. The summed E-state index contributed by atoms with van der Waals surface area (Å²) in [4.78, 5) is 7.05. The highest BCUT2D eigenvalue weighted by Gasteiger charge is 2.82. The molecule has 60 heavy (non-hydrogen) atoms. The quantitative estimate of drug-likeness (QED) is 0.185. The summed E-state index contributed by atoms with van der Waals surface area (Å²) >= 11 is 5.26. The van der Waals surface area contributed by atoms with Crippen LogP contribution in [0.5, 0.6) is 0 Å². The SMILES string of the molecule is c1ccc(-c2cccc(B(c3cccc(-c4ccccc4)c3)C3C4SC5CCCC6C7CCC8C9CCC%10C%11CCCC%12SC3C3C%13B(C8C7N(C56)C4%13)C9C%10N3C%12%11)c2)cc1. The molecule has 5 saturated carbocycles. The lowest BCUT2D eigenvalue weighted by Crippen LogP contribution is -2.80. The molecule has 18 unspecified atom stereocenters. The van der Waals surface area contributed by atoms with Crippen LogP contribution in [0.3, 0.4) is 0 Å². The van der Waals surface area contributed by atoms with E-state index >= 15 is 0 Å². The molecule has 302 valence electrons. The van der Waals surface area contributed by atoms with Crippen molar-refractivity contribution < 1.29 is 0 Å². The van der Waals surface area contributed by atoms with Crippen LogP contribution in [0.1, 0.15) is 64.2 Å². The van der Waals surface area contributed by atoms with Gasteiger partial charge >= 0.3 is 0 Å². The Morgan fingerprint density at radius 1 is 0.417 bits per heavy atom. The van der Waals surface area contributed by atoms with Crippen LogP contribution < -0.4 is 10.9 Å². The number of benzene rings is 4. The van der Waals surface area contributed by atoms with Crippen molar-refractivity contribution in [3.05, 3.63) is 109 Å². The normalized spacial score (nSPS) is 47.7. The highest BCUT2D eigenvalue weighted by Crippen LogP contribution is 2.80. The second kappa shape index (κ2) is 12.7. The van der Waals surface area contributed by atoms with Crippen LogP contribution in [0.25, 0.3) is 22.3 Å². The minimum Gasteiger partial charge on any atom is -0.292 e. The van der Waals surface area contributed by atoms with Gasteiger partial charge in [-0.15, -0.1) is 0 Å². The molecule has 0 N–H and O–H groups in total. The minimum atomic E-state index is 0.370. The Morgan fingerprint density at radius 2 is 0.867 bits per heavy atom. The van der Waals surface area contributed by atoms with Crippen molar-refractivity contribution in [2.75, 3.05) is 0 Å². The van der Waals surface area contributed by atoms with E-state index in [0.29, 0.717) is 23.0 Å². The van der Waals surface area contributed by atoms with E-state index in [0.717, 1.165) is 106 Å². The maximum atomic E-state index is 3.53. The van der Waals surface area contributed by atoms with Gasteiger partial charge in [-0.25, -0.2) is 0 Å².